The van der Waals surface area contributed by atoms with Crippen LogP contribution in [0.15, 0.2) is 12.2 Å². The Morgan fingerprint density at radius 3 is 2.10 bits per heavy atom. The Labute approximate surface area is 249 Å². The molecule has 39 heavy (non-hydrogen) atoms. The molecule has 2 aliphatic heterocycles. The van der Waals surface area contributed by atoms with E-state index in [0.717, 1.165) is 64.4 Å². The molecule has 3 rings (SSSR count). The lowest BCUT2D eigenvalue weighted by Gasteiger charge is -2.28. The van der Waals surface area contributed by atoms with E-state index in [4.69, 9.17) is 5.11 Å². The second-order valence-corrected chi connectivity index (χ2v) is 13.4. The number of nitrogens with zero attached hydrogens (tertiary/aromatic N) is 3. The van der Waals surface area contributed by atoms with E-state index in [1.165, 1.54) is 25.7 Å². The van der Waals surface area contributed by atoms with Gasteiger partial charge in [-0.1, -0.05) is 44.9 Å². The largest absolute Gasteiger partial charge is 0.462 e. The molecule has 1 amide bonds. The molecule has 2 heterocycles. The van der Waals surface area contributed by atoms with Crippen molar-refractivity contribution in [2.75, 3.05) is 53.0 Å². The van der Waals surface area contributed by atoms with Gasteiger partial charge in [0.05, 0.1) is 6.73 Å². The predicted molar refractivity (Wildman–Crippen MR) is 169 cm³/mol. The molecule has 3 unspecified atom stereocenters. The van der Waals surface area contributed by atoms with Gasteiger partial charge < -0.3 is 20.1 Å². The molecule has 0 radical (unpaired) electrons. The highest BCUT2D eigenvalue weighted by Gasteiger charge is 2.16. The third-order valence-electron chi connectivity index (χ3n) is 6.65. The first kappa shape index (κ1) is 38.2. The molecule has 0 saturated carbocycles. The Hall–Kier alpha value is -0.780. The van der Waals surface area contributed by atoms with Gasteiger partial charge in [0.2, 0.25) is 6.41 Å². The van der Waals surface area contributed by atoms with Gasteiger partial charge in [0, 0.05) is 42.7 Å². The van der Waals surface area contributed by atoms with E-state index in [0.29, 0.717) is 23.0 Å². The van der Waals surface area contributed by atoms with Gasteiger partial charge >= 0.3 is 0 Å². The minimum absolute atomic E-state index is 0.240. The molecule has 0 bridgehead atoms. The summed E-state index contributed by atoms with van der Waals surface area (Å²) in [6.07, 6.45) is 12.6. The maximum Gasteiger partial charge on any atom is 0.293 e. The van der Waals surface area contributed by atoms with Crippen molar-refractivity contribution in [1.82, 2.24) is 19.4 Å². The summed E-state index contributed by atoms with van der Waals surface area (Å²) in [6, 6.07) is 0.425. The Balaban J connectivity index is 0.000000506. The van der Waals surface area contributed by atoms with Crippen LogP contribution in [0.4, 0.5) is 0 Å². The predicted octanol–water partition coefficient (Wildman–Crippen LogP) is 4.45. The summed E-state index contributed by atoms with van der Waals surface area (Å²) in [7, 11) is 2.11. The molecule has 3 atom stereocenters. The molecule has 0 aromatic carbocycles. The fourth-order valence-corrected chi connectivity index (χ4v) is 5.59. The Kier molecular flexibility index (Phi) is 22.4. The van der Waals surface area contributed by atoms with E-state index < -0.39 is 0 Å². The van der Waals surface area contributed by atoms with Crippen molar-refractivity contribution in [3.05, 3.63) is 12.2 Å². The lowest BCUT2D eigenvalue weighted by atomic mass is 10.0. The first-order valence-corrected chi connectivity index (χ1v) is 15.9. The number of ether oxygens (including phenoxy) is 1. The number of likely N-dealkylation sites (tertiary alicyclic amines) is 2. The molecule has 2 saturated heterocycles. The zero-order chi connectivity index (χ0) is 29.7. The van der Waals surface area contributed by atoms with Crippen LogP contribution < -0.4 is 5.32 Å². The standard InChI is InChI=1S/C10H19NS2.C7H14N2O.C7H15NO.C5H10O2/c1-3-11(4-2)13-10-7-5-9(12)6-8-10;1-9-4-2-7(3-5-9)8-6-10;1-7-3-2-4-8(5-7)6-9;1-5(2,3)7-4-6/h5,7,9-10,12H,3-4,6,8H2,1-2H3;6-7H,2-5H2,1H3,(H,8,10);7,9H,2-6H2,1H3;4H,1-3H3. The van der Waals surface area contributed by atoms with Crippen molar-refractivity contribution in [2.24, 2.45) is 5.92 Å². The number of nitrogens with one attached hydrogen (secondary N) is 1. The minimum atomic E-state index is -0.318. The molecule has 8 nitrogen and oxygen atoms in total. The quantitative estimate of drug-likeness (QED) is 0.166. The normalized spacial score (nSPS) is 24.2. The SMILES string of the molecule is CC(C)(C)OC=O.CC1CCCN(CO)C1.CCN(CC)SC1C=CC(S)CC1.CN1CCC(NC=O)CC1. The van der Waals surface area contributed by atoms with E-state index in [1.807, 2.05) is 32.7 Å². The third kappa shape index (κ3) is 21.6. The van der Waals surface area contributed by atoms with Crippen molar-refractivity contribution in [1.29, 1.82) is 0 Å². The number of carbonyl (C=O) groups excluding carboxylic acids is 2. The average Bonchev–Trinajstić information content (AvgIpc) is 2.90. The molecule has 0 aromatic rings. The van der Waals surface area contributed by atoms with E-state index in [-0.39, 0.29) is 12.3 Å². The van der Waals surface area contributed by atoms with E-state index in [2.05, 4.69) is 76.8 Å². The van der Waals surface area contributed by atoms with Gasteiger partial charge in [0.15, 0.2) is 0 Å². The third-order valence-corrected chi connectivity index (χ3v) is 8.56. The highest BCUT2D eigenvalue weighted by atomic mass is 32.2. The van der Waals surface area contributed by atoms with E-state index in [9.17, 15) is 9.59 Å². The maximum atomic E-state index is 10.0. The summed E-state index contributed by atoms with van der Waals surface area (Å²) in [4.78, 5) is 24.0. The van der Waals surface area contributed by atoms with Crippen molar-refractivity contribution < 1.29 is 19.4 Å². The van der Waals surface area contributed by atoms with Crippen molar-refractivity contribution in [3.63, 3.8) is 0 Å². The smallest absolute Gasteiger partial charge is 0.293 e. The molecular formula is C29H58N4O4S2. The fraction of sp³-hybridized carbons (Fsp3) is 0.862. The average molecular weight is 591 g/mol. The highest BCUT2D eigenvalue weighted by Crippen LogP contribution is 2.27. The van der Waals surface area contributed by atoms with Crippen molar-refractivity contribution in [3.8, 4) is 0 Å². The number of amides is 1. The van der Waals surface area contributed by atoms with Crippen LogP contribution in [0, 0.1) is 5.92 Å². The number of carbonyl (C=O) groups is 2. The summed E-state index contributed by atoms with van der Waals surface area (Å²) in [5.74, 6) is 0.783. The molecule has 3 aliphatic rings. The number of aliphatic hydroxyl groups is 1. The van der Waals surface area contributed by atoms with Gasteiger partial charge in [-0.3, -0.25) is 18.8 Å². The second kappa shape index (κ2) is 22.9. The van der Waals surface area contributed by atoms with E-state index in [1.54, 1.807) is 0 Å². The molecule has 2 N–H and O–H groups in total. The maximum absolute atomic E-state index is 10.0. The van der Waals surface area contributed by atoms with Gasteiger partial charge in [0.1, 0.15) is 5.60 Å². The molecule has 230 valence electrons. The van der Waals surface area contributed by atoms with Gasteiger partial charge in [-0.2, -0.15) is 12.6 Å². The number of aliphatic hydroxyl groups excluding tert-OH is 1. The van der Waals surface area contributed by atoms with Gasteiger partial charge in [0.25, 0.3) is 6.47 Å². The molecule has 2 fully saturated rings. The van der Waals surface area contributed by atoms with Crippen LogP contribution in [-0.4, -0.2) is 107 Å². The van der Waals surface area contributed by atoms with Crippen LogP contribution in [-0.2, 0) is 14.3 Å². The summed E-state index contributed by atoms with van der Waals surface area (Å²) in [5.41, 5.74) is -0.318. The zero-order valence-electron chi connectivity index (χ0n) is 25.7. The van der Waals surface area contributed by atoms with Crippen LogP contribution in [0.1, 0.15) is 80.1 Å². The highest BCUT2D eigenvalue weighted by molar-refractivity contribution is 7.97. The van der Waals surface area contributed by atoms with Crippen molar-refractivity contribution in [2.45, 2.75) is 102 Å². The summed E-state index contributed by atoms with van der Waals surface area (Å²) >= 11 is 6.41. The molecule has 0 spiro atoms. The van der Waals surface area contributed by atoms with Crippen LogP contribution in [0.2, 0.25) is 0 Å². The number of hydrogen-bond donors (Lipinski definition) is 3. The van der Waals surface area contributed by atoms with Gasteiger partial charge in [-0.25, -0.2) is 0 Å². The van der Waals surface area contributed by atoms with Crippen LogP contribution in [0.5, 0.6) is 0 Å². The molecule has 0 aromatic heterocycles. The summed E-state index contributed by atoms with van der Waals surface area (Å²) in [5, 5.41) is 12.7. The Morgan fingerprint density at radius 1 is 1.08 bits per heavy atom. The number of rotatable bonds is 8. The first-order valence-electron chi connectivity index (χ1n) is 14.6. The minimum Gasteiger partial charge on any atom is -0.462 e. The summed E-state index contributed by atoms with van der Waals surface area (Å²) in [6.45, 7) is 19.5. The van der Waals surface area contributed by atoms with Crippen LogP contribution in [0.3, 0.4) is 0 Å². The second-order valence-electron chi connectivity index (χ2n) is 11.4. The molecule has 10 heteroatoms. The topological polar surface area (TPSA) is 85.3 Å². The molecular weight excluding hydrogens is 532 g/mol. The zero-order valence-corrected chi connectivity index (χ0v) is 27.4. The summed E-state index contributed by atoms with van der Waals surface area (Å²) < 4.78 is 6.96. The van der Waals surface area contributed by atoms with E-state index >= 15 is 0 Å². The monoisotopic (exact) mass is 590 g/mol. The number of hydrogen-bond acceptors (Lipinski definition) is 9. The Bertz CT molecular complexity index is 639. The number of piperidine rings is 2. The fourth-order valence-electron chi connectivity index (χ4n) is 4.26. The van der Waals surface area contributed by atoms with Crippen LogP contribution in [0.25, 0.3) is 0 Å². The lowest BCUT2D eigenvalue weighted by molar-refractivity contribution is -0.138. The molecule has 1 aliphatic carbocycles. The first-order chi connectivity index (χ1) is 18.5. The van der Waals surface area contributed by atoms with Gasteiger partial charge in [-0.05, 0) is 85.4 Å². The number of thiol groups is 1. The lowest BCUT2D eigenvalue weighted by Crippen LogP contribution is -2.40. The Morgan fingerprint density at radius 2 is 1.72 bits per heavy atom. The van der Waals surface area contributed by atoms with Crippen molar-refractivity contribution >= 4 is 37.5 Å². The van der Waals surface area contributed by atoms with Crippen LogP contribution >= 0.6 is 24.6 Å². The van der Waals surface area contributed by atoms with Gasteiger partial charge in [-0.15, -0.1) is 0 Å².